The number of hydrogen-bond donors (Lipinski definition) is 0. The summed E-state index contributed by atoms with van der Waals surface area (Å²) in [5.41, 5.74) is 0.447. The number of likely N-dealkylation sites (N-methyl/N-ethyl adjacent to an activating group) is 1. The van der Waals surface area contributed by atoms with E-state index in [9.17, 15) is 0 Å². The summed E-state index contributed by atoms with van der Waals surface area (Å²) in [6.45, 7) is 18.3. The molecule has 0 atom stereocenters. The molecule has 0 radical (unpaired) electrons. The molecular formula is C16H34N2O. The van der Waals surface area contributed by atoms with Crippen LogP contribution in [0.3, 0.4) is 0 Å². The molecule has 0 spiro atoms. The number of piperazine rings is 1. The molecule has 1 fully saturated rings. The third-order valence-electron chi connectivity index (χ3n) is 3.89. The molecule has 0 amide bonds. The fraction of sp³-hybridized carbons (Fsp3) is 1.00. The van der Waals surface area contributed by atoms with Crippen LogP contribution in [0.1, 0.15) is 47.0 Å². The molecule has 0 unspecified atom stereocenters. The van der Waals surface area contributed by atoms with E-state index in [-0.39, 0.29) is 0 Å². The molecular weight excluding hydrogens is 236 g/mol. The second-order valence-corrected chi connectivity index (χ2v) is 6.91. The fourth-order valence-electron chi connectivity index (χ4n) is 2.53. The van der Waals surface area contributed by atoms with Crippen molar-refractivity contribution in [3.63, 3.8) is 0 Å². The minimum atomic E-state index is 0.447. The van der Waals surface area contributed by atoms with E-state index in [1.807, 2.05) is 0 Å². The van der Waals surface area contributed by atoms with Crippen LogP contribution in [-0.4, -0.2) is 62.3 Å². The Bertz CT molecular complexity index is 217. The van der Waals surface area contributed by atoms with Crippen molar-refractivity contribution >= 4 is 0 Å². The van der Waals surface area contributed by atoms with Gasteiger partial charge in [-0.25, -0.2) is 0 Å². The largest absolute Gasteiger partial charge is 0.381 e. The van der Waals surface area contributed by atoms with Gasteiger partial charge in [0.25, 0.3) is 0 Å². The van der Waals surface area contributed by atoms with E-state index in [1.165, 1.54) is 58.5 Å². The van der Waals surface area contributed by atoms with Crippen LogP contribution in [0.2, 0.25) is 0 Å². The Morgan fingerprint density at radius 2 is 1.47 bits per heavy atom. The average molecular weight is 270 g/mol. The summed E-state index contributed by atoms with van der Waals surface area (Å²) in [6, 6.07) is 0. The van der Waals surface area contributed by atoms with Crippen LogP contribution in [-0.2, 0) is 4.74 Å². The molecule has 1 aliphatic heterocycles. The van der Waals surface area contributed by atoms with Gasteiger partial charge in [0.15, 0.2) is 0 Å². The zero-order valence-corrected chi connectivity index (χ0v) is 13.6. The minimum absolute atomic E-state index is 0.447. The van der Waals surface area contributed by atoms with E-state index in [1.54, 1.807) is 0 Å². The third-order valence-corrected chi connectivity index (χ3v) is 3.89. The van der Waals surface area contributed by atoms with Crippen LogP contribution in [0.4, 0.5) is 0 Å². The van der Waals surface area contributed by atoms with E-state index >= 15 is 0 Å². The molecule has 1 heterocycles. The van der Waals surface area contributed by atoms with E-state index < -0.39 is 0 Å². The van der Waals surface area contributed by atoms with Crippen molar-refractivity contribution in [3.8, 4) is 0 Å². The summed E-state index contributed by atoms with van der Waals surface area (Å²) in [5, 5.41) is 0. The molecule has 0 N–H and O–H groups in total. The summed E-state index contributed by atoms with van der Waals surface area (Å²) in [5.74, 6) is 0. The summed E-state index contributed by atoms with van der Waals surface area (Å²) < 4.78 is 5.73. The van der Waals surface area contributed by atoms with Gasteiger partial charge in [0, 0.05) is 45.9 Å². The van der Waals surface area contributed by atoms with Gasteiger partial charge in [0.1, 0.15) is 0 Å². The van der Waals surface area contributed by atoms with E-state index in [0.29, 0.717) is 5.41 Å². The predicted octanol–water partition coefficient (Wildman–Crippen LogP) is 2.86. The monoisotopic (exact) mass is 270 g/mol. The average Bonchev–Trinajstić information content (AvgIpc) is 2.37. The third kappa shape index (κ3) is 8.61. The van der Waals surface area contributed by atoms with Crippen molar-refractivity contribution in [3.05, 3.63) is 0 Å². The second kappa shape index (κ2) is 8.93. The number of hydrogen-bond acceptors (Lipinski definition) is 3. The highest BCUT2D eigenvalue weighted by atomic mass is 16.5. The Labute approximate surface area is 120 Å². The highest BCUT2D eigenvalue weighted by Crippen LogP contribution is 2.20. The summed E-state index contributed by atoms with van der Waals surface area (Å²) in [7, 11) is 0. The lowest BCUT2D eigenvalue weighted by molar-refractivity contribution is 0.0954. The molecule has 1 aliphatic rings. The Morgan fingerprint density at radius 1 is 0.895 bits per heavy atom. The van der Waals surface area contributed by atoms with Crippen molar-refractivity contribution in [1.29, 1.82) is 0 Å². The van der Waals surface area contributed by atoms with Gasteiger partial charge >= 0.3 is 0 Å². The SMILES string of the molecule is CCN1CCN(CCCOCCCC(C)(C)C)CC1. The molecule has 114 valence electrons. The zero-order chi connectivity index (χ0) is 14.1. The first kappa shape index (κ1) is 16.9. The van der Waals surface area contributed by atoms with Gasteiger partial charge in [0.05, 0.1) is 0 Å². The van der Waals surface area contributed by atoms with Crippen molar-refractivity contribution in [1.82, 2.24) is 9.80 Å². The molecule has 3 heteroatoms. The van der Waals surface area contributed by atoms with Crippen LogP contribution < -0.4 is 0 Å². The maximum absolute atomic E-state index is 5.73. The molecule has 0 bridgehead atoms. The van der Waals surface area contributed by atoms with Gasteiger partial charge in [-0.2, -0.15) is 0 Å². The van der Waals surface area contributed by atoms with Gasteiger partial charge in [-0.15, -0.1) is 0 Å². The second-order valence-electron chi connectivity index (χ2n) is 6.91. The summed E-state index contributed by atoms with van der Waals surface area (Å²) in [4.78, 5) is 5.10. The molecule has 1 rings (SSSR count). The van der Waals surface area contributed by atoms with E-state index in [4.69, 9.17) is 4.74 Å². The number of ether oxygens (including phenoxy) is 1. The Balaban J connectivity index is 1.89. The van der Waals surface area contributed by atoms with Crippen molar-refractivity contribution in [2.45, 2.75) is 47.0 Å². The van der Waals surface area contributed by atoms with Crippen LogP contribution in [0.5, 0.6) is 0 Å². The van der Waals surface area contributed by atoms with Crippen molar-refractivity contribution in [2.75, 3.05) is 52.5 Å². The maximum atomic E-state index is 5.73. The highest BCUT2D eigenvalue weighted by molar-refractivity contribution is 4.70. The Kier molecular flexibility index (Phi) is 7.96. The lowest BCUT2D eigenvalue weighted by atomic mass is 9.91. The summed E-state index contributed by atoms with van der Waals surface area (Å²) in [6.07, 6.45) is 3.63. The number of nitrogens with zero attached hydrogens (tertiary/aromatic N) is 2. The molecule has 0 saturated carbocycles. The normalized spacial score (nSPS) is 18.9. The van der Waals surface area contributed by atoms with Crippen LogP contribution in [0.15, 0.2) is 0 Å². The Morgan fingerprint density at radius 3 is 2.05 bits per heavy atom. The van der Waals surface area contributed by atoms with Gasteiger partial charge < -0.3 is 14.5 Å². The van der Waals surface area contributed by atoms with Crippen LogP contribution in [0.25, 0.3) is 0 Å². The smallest absolute Gasteiger partial charge is 0.0478 e. The first-order valence-electron chi connectivity index (χ1n) is 8.04. The molecule has 0 aromatic rings. The lowest BCUT2D eigenvalue weighted by Crippen LogP contribution is -2.46. The standard InChI is InChI=1S/C16H34N2O/c1-5-17-10-12-18(13-11-17)9-7-15-19-14-6-8-16(2,3)4/h5-15H2,1-4H3. The molecule has 19 heavy (non-hydrogen) atoms. The van der Waals surface area contributed by atoms with E-state index in [0.717, 1.165) is 13.2 Å². The van der Waals surface area contributed by atoms with Gasteiger partial charge in [-0.3, -0.25) is 0 Å². The fourth-order valence-corrected chi connectivity index (χ4v) is 2.53. The Hall–Kier alpha value is -0.120. The quantitative estimate of drug-likeness (QED) is 0.631. The predicted molar refractivity (Wildman–Crippen MR) is 82.7 cm³/mol. The topological polar surface area (TPSA) is 15.7 Å². The highest BCUT2D eigenvalue weighted by Gasteiger charge is 2.14. The molecule has 1 saturated heterocycles. The molecule has 3 nitrogen and oxygen atoms in total. The van der Waals surface area contributed by atoms with Gasteiger partial charge in [-0.1, -0.05) is 27.7 Å². The number of rotatable bonds is 8. The first-order chi connectivity index (χ1) is 9.01. The van der Waals surface area contributed by atoms with Gasteiger partial charge in [-0.05, 0) is 31.2 Å². The lowest BCUT2D eigenvalue weighted by Gasteiger charge is -2.33. The van der Waals surface area contributed by atoms with Crippen molar-refractivity contribution in [2.24, 2.45) is 5.41 Å². The minimum Gasteiger partial charge on any atom is -0.381 e. The first-order valence-corrected chi connectivity index (χ1v) is 8.04. The van der Waals surface area contributed by atoms with Crippen LogP contribution >= 0.6 is 0 Å². The maximum Gasteiger partial charge on any atom is 0.0478 e. The molecule has 0 aromatic carbocycles. The van der Waals surface area contributed by atoms with Crippen LogP contribution in [0, 0.1) is 5.41 Å². The van der Waals surface area contributed by atoms with Crippen molar-refractivity contribution < 1.29 is 4.74 Å². The molecule has 0 aromatic heterocycles. The zero-order valence-electron chi connectivity index (χ0n) is 13.6. The molecule has 0 aliphatic carbocycles. The van der Waals surface area contributed by atoms with E-state index in [2.05, 4.69) is 37.5 Å². The summed E-state index contributed by atoms with van der Waals surface area (Å²) >= 11 is 0. The van der Waals surface area contributed by atoms with Gasteiger partial charge in [0.2, 0.25) is 0 Å².